The van der Waals surface area contributed by atoms with Gasteiger partial charge in [0.15, 0.2) is 11.6 Å². The number of aromatic nitrogens is 1. The molecule has 2 heterocycles. The number of carbonyl (C=O) groups is 1. The van der Waals surface area contributed by atoms with Crippen LogP contribution in [0.25, 0.3) is 11.6 Å². The number of nitrogens with zero attached hydrogens (tertiary/aromatic N) is 1. The van der Waals surface area contributed by atoms with E-state index in [9.17, 15) is 18.0 Å². The molecule has 0 saturated carbocycles. The van der Waals surface area contributed by atoms with Crippen molar-refractivity contribution in [2.75, 3.05) is 16.8 Å². The molecule has 0 unspecified atom stereocenters. The third-order valence-corrected chi connectivity index (χ3v) is 6.25. The van der Waals surface area contributed by atoms with Gasteiger partial charge in [-0.3, -0.25) is 4.79 Å². The number of amides is 1. The second kappa shape index (κ2) is 9.41. The number of carbonyl (C=O) groups excluding carboxylic acids is 1. The molecule has 0 radical (unpaired) electrons. The summed E-state index contributed by atoms with van der Waals surface area (Å²) in [6, 6.07) is 17.1. The number of aromatic amines is 1. The Labute approximate surface area is 207 Å². The number of fused-ring (bicyclic) bond motifs is 1. The highest BCUT2D eigenvalue weighted by Gasteiger charge is 2.25. The fourth-order valence-corrected chi connectivity index (χ4v) is 4.55. The SMILES string of the molecule is Cc1cc(C)c(/C=C2\CN(Cc3ccc(F)c(F)c3)c3ccc(NC(=O)c4cccc(F)c4)cc32)[nH]1. The van der Waals surface area contributed by atoms with Gasteiger partial charge in [0.2, 0.25) is 0 Å². The van der Waals surface area contributed by atoms with Gasteiger partial charge in [0.1, 0.15) is 5.82 Å². The fourth-order valence-electron chi connectivity index (χ4n) is 4.55. The fraction of sp³-hybridized carbons (Fsp3) is 0.138. The lowest BCUT2D eigenvalue weighted by Crippen LogP contribution is -2.19. The molecule has 0 fully saturated rings. The summed E-state index contributed by atoms with van der Waals surface area (Å²) >= 11 is 0. The van der Waals surface area contributed by atoms with Crippen molar-refractivity contribution in [1.29, 1.82) is 0 Å². The highest BCUT2D eigenvalue weighted by molar-refractivity contribution is 6.05. The third kappa shape index (κ3) is 4.77. The summed E-state index contributed by atoms with van der Waals surface area (Å²) in [4.78, 5) is 18.1. The Kier molecular flexibility index (Phi) is 6.14. The van der Waals surface area contributed by atoms with Crippen molar-refractivity contribution in [3.8, 4) is 0 Å². The minimum absolute atomic E-state index is 0.226. The normalized spacial score (nSPS) is 13.8. The maximum Gasteiger partial charge on any atom is 0.255 e. The monoisotopic (exact) mass is 487 g/mol. The van der Waals surface area contributed by atoms with E-state index in [1.165, 1.54) is 24.3 Å². The zero-order chi connectivity index (χ0) is 25.4. The number of hydrogen-bond acceptors (Lipinski definition) is 2. The Morgan fingerprint density at radius 1 is 1.00 bits per heavy atom. The van der Waals surface area contributed by atoms with Crippen LogP contribution >= 0.6 is 0 Å². The van der Waals surface area contributed by atoms with Gasteiger partial charge >= 0.3 is 0 Å². The highest BCUT2D eigenvalue weighted by Crippen LogP contribution is 2.39. The van der Waals surface area contributed by atoms with Crippen molar-refractivity contribution in [3.05, 3.63) is 118 Å². The first kappa shape index (κ1) is 23.5. The second-order valence-corrected chi connectivity index (χ2v) is 9.02. The molecular weight excluding hydrogens is 463 g/mol. The molecule has 0 aliphatic carbocycles. The third-order valence-electron chi connectivity index (χ3n) is 6.25. The summed E-state index contributed by atoms with van der Waals surface area (Å²) in [5.74, 6) is -2.65. The van der Waals surface area contributed by atoms with E-state index in [-0.39, 0.29) is 5.56 Å². The number of nitrogens with one attached hydrogen (secondary N) is 2. The highest BCUT2D eigenvalue weighted by atomic mass is 19.2. The van der Waals surface area contributed by atoms with Gasteiger partial charge < -0.3 is 15.2 Å². The van der Waals surface area contributed by atoms with Crippen molar-refractivity contribution in [1.82, 2.24) is 4.98 Å². The van der Waals surface area contributed by atoms with E-state index in [0.717, 1.165) is 39.8 Å². The van der Waals surface area contributed by atoms with Crippen molar-refractivity contribution in [2.45, 2.75) is 20.4 Å². The van der Waals surface area contributed by atoms with E-state index in [0.29, 0.717) is 24.3 Å². The van der Waals surface area contributed by atoms with Crippen LogP contribution in [0.5, 0.6) is 0 Å². The van der Waals surface area contributed by atoms with Gasteiger partial charge in [0, 0.05) is 47.0 Å². The number of aryl methyl sites for hydroxylation is 2. The maximum absolute atomic E-state index is 13.8. The van der Waals surface area contributed by atoms with E-state index < -0.39 is 23.4 Å². The van der Waals surface area contributed by atoms with E-state index in [1.54, 1.807) is 18.2 Å². The predicted octanol–water partition coefficient (Wildman–Crippen LogP) is 6.86. The first-order valence-corrected chi connectivity index (χ1v) is 11.5. The summed E-state index contributed by atoms with van der Waals surface area (Å²) in [6.07, 6.45) is 2.07. The molecule has 4 aromatic rings. The Morgan fingerprint density at radius 2 is 1.83 bits per heavy atom. The maximum atomic E-state index is 13.8. The molecule has 0 atom stereocenters. The topological polar surface area (TPSA) is 48.1 Å². The summed E-state index contributed by atoms with van der Waals surface area (Å²) in [5, 5.41) is 2.84. The predicted molar refractivity (Wildman–Crippen MR) is 136 cm³/mol. The van der Waals surface area contributed by atoms with Crippen LogP contribution in [-0.2, 0) is 6.54 Å². The molecule has 1 amide bonds. The molecule has 0 saturated heterocycles. The number of hydrogen-bond donors (Lipinski definition) is 2. The summed E-state index contributed by atoms with van der Waals surface area (Å²) in [7, 11) is 0. The first-order chi connectivity index (χ1) is 17.3. The summed E-state index contributed by atoms with van der Waals surface area (Å²) in [5.41, 5.74) is 7.43. The average molecular weight is 488 g/mol. The van der Waals surface area contributed by atoms with Crippen LogP contribution in [0.1, 0.15) is 38.4 Å². The van der Waals surface area contributed by atoms with Crippen molar-refractivity contribution in [2.24, 2.45) is 0 Å². The number of halogens is 3. The van der Waals surface area contributed by atoms with Gasteiger partial charge in [-0.15, -0.1) is 0 Å². The number of rotatable bonds is 5. The second-order valence-electron chi connectivity index (χ2n) is 9.02. The van der Waals surface area contributed by atoms with Crippen LogP contribution < -0.4 is 10.2 Å². The molecule has 0 bridgehead atoms. The molecule has 2 N–H and O–H groups in total. The van der Waals surface area contributed by atoms with Crippen molar-refractivity contribution < 1.29 is 18.0 Å². The Bertz CT molecular complexity index is 1510. The van der Waals surface area contributed by atoms with Crippen molar-refractivity contribution in [3.63, 3.8) is 0 Å². The van der Waals surface area contributed by atoms with Crippen LogP contribution in [0.4, 0.5) is 24.5 Å². The molecule has 182 valence electrons. The molecule has 36 heavy (non-hydrogen) atoms. The van der Waals surface area contributed by atoms with Crippen LogP contribution in [0.3, 0.4) is 0 Å². The molecule has 1 aliphatic rings. The van der Waals surface area contributed by atoms with Crippen LogP contribution in [0.2, 0.25) is 0 Å². The molecule has 0 spiro atoms. The van der Waals surface area contributed by atoms with Gasteiger partial charge in [-0.1, -0.05) is 12.1 Å². The number of benzene rings is 3. The number of H-pyrrole nitrogens is 1. The molecule has 7 heteroatoms. The molecule has 5 rings (SSSR count). The smallest absolute Gasteiger partial charge is 0.255 e. The zero-order valence-corrected chi connectivity index (χ0v) is 19.8. The average Bonchev–Trinajstić information content (AvgIpc) is 3.34. The summed E-state index contributed by atoms with van der Waals surface area (Å²) < 4.78 is 40.8. The minimum Gasteiger partial charge on any atom is -0.362 e. The van der Waals surface area contributed by atoms with Crippen molar-refractivity contribution >= 4 is 28.9 Å². The number of anilines is 2. The molecule has 4 nitrogen and oxygen atoms in total. The van der Waals surface area contributed by atoms with E-state index >= 15 is 0 Å². The Balaban J connectivity index is 1.49. The van der Waals surface area contributed by atoms with Gasteiger partial charge in [0.05, 0.1) is 0 Å². The first-order valence-electron chi connectivity index (χ1n) is 11.5. The zero-order valence-electron chi connectivity index (χ0n) is 19.8. The lowest BCUT2D eigenvalue weighted by atomic mass is 10.0. The minimum atomic E-state index is -0.879. The molecule has 3 aromatic carbocycles. The Morgan fingerprint density at radius 3 is 2.56 bits per heavy atom. The van der Waals surface area contributed by atoms with Crippen LogP contribution in [0.15, 0.2) is 66.7 Å². The van der Waals surface area contributed by atoms with Gasteiger partial charge in [-0.25, -0.2) is 13.2 Å². The van der Waals surface area contributed by atoms with Gasteiger partial charge in [-0.05, 0) is 91.2 Å². The standard InChI is InChI=1S/C29H24F3N3O/c1-17-10-18(2)33-27(17)13-21-16-35(15-19-6-8-25(31)26(32)11-19)28-9-7-23(14-24(21)28)34-29(36)20-4-3-5-22(30)12-20/h3-14,33H,15-16H2,1-2H3,(H,34,36)/b21-13+. The molecular formula is C29H24F3N3O. The van der Waals surface area contributed by atoms with Gasteiger partial charge in [-0.2, -0.15) is 0 Å². The van der Waals surface area contributed by atoms with Gasteiger partial charge in [0.25, 0.3) is 5.91 Å². The summed E-state index contributed by atoms with van der Waals surface area (Å²) in [6.45, 7) is 4.96. The van der Waals surface area contributed by atoms with E-state index in [1.807, 2.05) is 26.0 Å². The lowest BCUT2D eigenvalue weighted by molar-refractivity contribution is 0.102. The largest absolute Gasteiger partial charge is 0.362 e. The van der Waals surface area contributed by atoms with Crippen LogP contribution in [-0.4, -0.2) is 17.4 Å². The Hall–Kier alpha value is -4.26. The lowest BCUT2D eigenvalue weighted by Gasteiger charge is -2.19. The molecule has 1 aliphatic heterocycles. The van der Waals surface area contributed by atoms with E-state index in [2.05, 4.69) is 27.3 Å². The molecule has 1 aromatic heterocycles. The van der Waals surface area contributed by atoms with Crippen LogP contribution in [0, 0.1) is 31.3 Å². The quantitative estimate of drug-likeness (QED) is 0.323. The van der Waals surface area contributed by atoms with E-state index in [4.69, 9.17) is 0 Å².